The Morgan fingerprint density at radius 2 is 2.11 bits per heavy atom. The molecule has 3 nitrogen and oxygen atoms in total. The standard InChI is InChI=1S/C13H10ClN3S/c14-11-8-18-13(17-11)16-7-10-4-1-3-9-5-2-6-15-12(9)10/h1-6,8H,7H2,(H,16,17). The van der Waals surface area contributed by atoms with Crippen molar-refractivity contribution >= 4 is 39.0 Å². The van der Waals surface area contributed by atoms with Crippen molar-refractivity contribution in [1.29, 1.82) is 0 Å². The van der Waals surface area contributed by atoms with Crippen molar-refractivity contribution in [1.82, 2.24) is 9.97 Å². The number of hydrogen-bond donors (Lipinski definition) is 1. The molecule has 3 aromatic rings. The molecular weight excluding hydrogens is 266 g/mol. The minimum absolute atomic E-state index is 0.526. The number of halogens is 1. The Kier molecular flexibility index (Phi) is 3.13. The Morgan fingerprint density at radius 3 is 2.94 bits per heavy atom. The number of anilines is 1. The summed E-state index contributed by atoms with van der Waals surface area (Å²) in [5.41, 5.74) is 2.18. The van der Waals surface area contributed by atoms with Gasteiger partial charge in [0.2, 0.25) is 0 Å². The Balaban J connectivity index is 1.86. The molecule has 1 aromatic carbocycles. The van der Waals surface area contributed by atoms with Gasteiger partial charge in [0.05, 0.1) is 5.52 Å². The minimum atomic E-state index is 0.526. The van der Waals surface area contributed by atoms with Crippen LogP contribution in [0.15, 0.2) is 41.9 Å². The van der Waals surface area contributed by atoms with Gasteiger partial charge in [-0.25, -0.2) is 4.98 Å². The summed E-state index contributed by atoms with van der Waals surface area (Å²) in [6, 6.07) is 10.2. The maximum absolute atomic E-state index is 5.78. The summed E-state index contributed by atoms with van der Waals surface area (Å²) in [6.07, 6.45) is 1.81. The Labute approximate surface area is 113 Å². The third kappa shape index (κ3) is 2.30. The van der Waals surface area contributed by atoms with Crippen LogP contribution in [-0.4, -0.2) is 9.97 Å². The largest absolute Gasteiger partial charge is 0.357 e. The maximum atomic E-state index is 5.78. The van der Waals surface area contributed by atoms with Crippen LogP contribution >= 0.6 is 22.9 Å². The molecule has 0 spiro atoms. The molecule has 0 fully saturated rings. The van der Waals surface area contributed by atoms with Crippen LogP contribution in [0.25, 0.3) is 10.9 Å². The zero-order chi connectivity index (χ0) is 12.4. The van der Waals surface area contributed by atoms with E-state index < -0.39 is 0 Å². The van der Waals surface area contributed by atoms with Crippen LogP contribution in [0.5, 0.6) is 0 Å². The highest BCUT2D eigenvalue weighted by Gasteiger charge is 2.03. The second-order valence-electron chi connectivity index (χ2n) is 3.82. The normalized spacial score (nSPS) is 10.7. The first-order valence-electron chi connectivity index (χ1n) is 5.50. The highest BCUT2D eigenvalue weighted by Crippen LogP contribution is 2.21. The fraction of sp³-hybridized carbons (Fsp3) is 0.0769. The average Bonchev–Trinajstić information content (AvgIpc) is 2.82. The Bertz CT molecular complexity index is 675. The molecule has 0 saturated carbocycles. The molecule has 0 aliphatic carbocycles. The van der Waals surface area contributed by atoms with Crippen LogP contribution in [0, 0.1) is 0 Å². The minimum Gasteiger partial charge on any atom is -0.357 e. The molecule has 0 aliphatic rings. The molecule has 1 N–H and O–H groups in total. The van der Waals surface area contributed by atoms with Gasteiger partial charge in [-0.3, -0.25) is 4.98 Å². The van der Waals surface area contributed by atoms with E-state index in [1.807, 2.05) is 23.7 Å². The molecule has 0 aliphatic heterocycles. The number of hydrogen-bond acceptors (Lipinski definition) is 4. The molecule has 18 heavy (non-hydrogen) atoms. The molecule has 5 heteroatoms. The Morgan fingerprint density at radius 1 is 1.22 bits per heavy atom. The first-order chi connectivity index (χ1) is 8.83. The van der Waals surface area contributed by atoms with Crippen molar-refractivity contribution in [2.24, 2.45) is 0 Å². The second kappa shape index (κ2) is 4.92. The lowest BCUT2D eigenvalue weighted by atomic mass is 10.1. The molecule has 2 aromatic heterocycles. The van der Waals surface area contributed by atoms with Crippen LogP contribution in [0.3, 0.4) is 0 Å². The molecule has 0 saturated heterocycles. The van der Waals surface area contributed by atoms with Gasteiger partial charge in [-0.15, -0.1) is 11.3 Å². The molecule has 0 unspecified atom stereocenters. The number of nitrogens with one attached hydrogen (secondary N) is 1. The third-order valence-electron chi connectivity index (χ3n) is 2.62. The average molecular weight is 276 g/mol. The third-order valence-corrected chi connectivity index (χ3v) is 3.75. The van der Waals surface area contributed by atoms with Gasteiger partial charge in [0.25, 0.3) is 0 Å². The molecule has 3 rings (SSSR count). The predicted molar refractivity (Wildman–Crippen MR) is 76.2 cm³/mol. The summed E-state index contributed by atoms with van der Waals surface area (Å²) in [5.74, 6) is 0. The summed E-state index contributed by atoms with van der Waals surface area (Å²) < 4.78 is 0. The lowest BCUT2D eigenvalue weighted by Gasteiger charge is -2.06. The van der Waals surface area contributed by atoms with E-state index in [1.165, 1.54) is 11.3 Å². The summed E-state index contributed by atoms with van der Waals surface area (Å²) >= 11 is 7.28. The fourth-order valence-electron chi connectivity index (χ4n) is 1.82. The van der Waals surface area contributed by atoms with Crippen molar-refractivity contribution < 1.29 is 0 Å². The zero-order valence-electron chi connectivity index (χ0n) is 9.43. The number of pyridine rings is 1. The number of benzene rings is 1. The molecule has 90 valence electrons. The van der Waals surface area contributed by atoms with E-state index in [9.17, 15) is 0 Å². The summed E-state index contributed by atoms with van der Waals surface area (Å²) in [4.78, 5) is 8.57. The van der Waals surface area contributed by atoms with Gasteiger partial charge in [0.1, 0.15) is 5.15 Å². The van der Waals surface area contributed by atoms with Crippen LogP contribution in [0.4, 0.5) is 5.13 Å². The van der Waals surface area contributed by atoms with Gasteiger partial charge < -0.3 is 5.32 Å². The molecule has 0 amide bonds. The van der Waals surface area contributed by atoms with Gasteiger partial charge in [0.15, 0.2) is 5.13 Å². The van der Waals surface area contributed by atoms with Crippen LogP contribution in [0.1, 0.15) is 5.56 Å². The monoisotopic (exact) mass is 275 g/mol. The lowest BCUT2D eigenvalue weighted by molar-refractivity contribution is 1.14. The number of nitrogens with zero attached hydrogens (tertiary/aromatic N) is 2. The first kappa shape index (κ1) is 11.4. The SMILES string of the molecule is Clc1csc(NCc2cccc3cccnc23)n1. The molecule has 2 heterocycles. The predicted octanol–water partition coefficient (Wildman–Crippen LogP) is 3.96. The number of thiazole rings is 1. The highest BCUT2D eigenvalue weighted by atomic mass is 35.5. The second-order valence-corrected chi connectivity index (χ2v) is 5.07. The van der Waals surface area contributed by atoms with E-state index in [1.54, 1.807) is 0 Å². The Hall–Kier alpha value is -1.65. The highest BCUT2D eigenvalue weighted by molar-refractivity contribution is 7.14. The van der Waals surface area contributed by atoms with Crippen molar-refractivity contribution in [3.05, 3.63) is 52.6 Å². The smallest absolute Gasteiger partial charge is 0.184 e. The van der Waals surface area contributed by atoms with E-state index >= 15 is 0 Å². The summed E-state index contributed by atoms with van der Waals surface area (Å²) in [5, 5.41) is 7.57. The van der Waals surface area contributed by atoms with Gasteiger partial charge in [0, 0.05) is 23.5 Å². The van der Waals surface area contributed by atoms with Gasteiger partial charge in [-0.1, -0.05) is 35.9 Å². The van der Waals surface area contributed by atoms with Crippen molar-refractivity contribution in [2.45, 2.75) is 6.54 Å². The van der Waals surface area contributed by atoms with Crippen LogP contribution in [0.2, 0.25) is 5.15 Å². The van der Waals surface area contributed by atoms with Crippen molar-refractivity contribution in [3.63, 3.8) is 0 Å². The van der Waals surface area contributed by atoms with E-state index in [4.69, 9.17) is 11.6 Å². The molecular formula is C13H10ClN3S. The van der Waals surface area contributed by atoms with E-state index in [0.717, 1.165) is 21.6 Å². The zero-order valence-corrected chi connectivity index (χ0v) is 11.0. The lowest BCUT2D eigenvalue weighted by Crippen LogP contribution is -2.00. The summed E-state index contributed by atoms with van der Waals surface area (Å²) in [6.45, 7) is 0.693. The van der Waals surface area contributed by atoms with E-state index in [2.05, 4.69) is 33.5 Å². The fourth-order valence-corrected chi connectivity index (χ4v) is 2.65. The number of aromatic nitrogens is 2. The van der Waals surface area contributed by atoms with Crippen LogP contribution in [-0.2, 0) is 6.54 Å². The quantitative estimate of drug-likeness (QED) is 0.786. The van der Waals surface area contributed by atoms with Crippen molar-refractivity contribution in [3.8, 4) is 0 Å². The van der Waals surface area contributed by atoms with Gasteiger partial charge >= 0.3 is 0 Å². The van der Waals surface area contributed by atoms with Gasteiger partial charge in [-0.05, 0) is 11.6 Å². The number of para-hydroxylation sites is 1. The molecule has 0 radical (unpaired) electrons. The topological polar surface area (TPSA) is 37.8 Å². The van der Waals surface area contributed by atoms with Gasteiger partial charge in [-0.2, -0.15) is 0 Å². The van der Waals surface area contributed by atoms with Crippen molar-refractivity contribution in [2.75, 3.05) is 5.32 Å². The molecule has 0 bridgehead atoms. The molecule has 0 atom stereocenters. The van der Waals surface area contributed by atoms with E-state index in [0.29, 0.717) is 11.7 Å². The number of rotatable bonds is 3. The van der Waals surface area contributed by atoms with E-state index in [-0.39, 0.29) is 0 Å². The maximum Gasteiger partial charge on any atom is 0.184 e. The summed E-state index contributed by atoms with van der Waals surface area (Å²) in [7, 11) is 0. The first-order valence-corrected chi connectivity index (χ1v) is 6.76. The van der Waals surface area contributed by atoms with Crippen LogP contribution < -0.4 is 5.32 Å². The number of fused-ring (bicyclic) bond motifs is 1.